The Morgan fingerprint density at radius 1 is 1.02 bits per heavy atom. The van der Waals surface area contributed by atoms with Gasteiger partial charge in [0, 0.05) is 24.9 Å². The summed E-state index contributed by atoms with van der Waals surface area (Å²) < 4.78 is 19.9. The molecule has 4 aromatic rings. The number of halogens is 2. The molecule has 0 radical (unpaired) electrons. The lowest BCUT2D eigenvalue weighted by molar-refractivity contribution is -0.276. The van der Waals surface area contributed by atoms with Crippen molar-refractivity contribution in [1.82, 2.24) is 14.9 Å². The van der Waals surface area contributed by atoms with Gasteiger partial charge in [0.15, 0.2) is 17.5 Å². The fourth-order valence-corrected chi connectivity index (χ4v) is 5.71. The number of hydrogen-bond acceptors (Lipinski definition) is 7. The molecule has 11 heteroatoms. The zero-order valence-corrected chi connectivity index (χ0v) is 26.7. The maximum absolute atomic E-state index is 12.4. The normalized spacial score (nSPS) is 20.4. The minimum atomic E-state index is -0.880. The number of amides is 1. The third-order valence-corrected chi connectivity index (χ3v) is 8.68. The van der Waals surface area contributed by atoms with Crippen LogP contribution in [0.4, 0.5) is 0 Å². The lowest BCUT2D eigenvalue weighted by Crippen LogP contribution is -2.39. The predicted molar refractivity (Wildman–Crippen MR) is 170 cm³/mol. The molecule has 1 amide bonds. The van der Waals surface area contributed by atoms with Crippen molar-refractivity contribution in [3.63, 3.8) is 0 Å². The van der Waals surface area contributed by atoms with E-state index in [1.807, 2.05) is 72.8 Å². The average molecular weight is 653 g/mol. The standard InChI is InChI=1S/C34H35Cl2N3O6/c1-20-29(17-39-19-38-31(35)32(39)36)44-34(45-30(20)25-10-8-23(18-40)9-11-25)26-14-12-24(13-15-26)28-7-5-4-6-27(28)16-37-33(42)21(2)43-22(3)41/h4-15,19-21,29-30,34,40H,16-18H2,1-3H3,(H,37,42)/t20-,21-,29+,30+,34+/m0/s1. The molecule has 5 atom stereocenters. The van der Waals surface area contributed by atoms with Crippen LogP contribution in [0.3, 0.4) is 0 Å². The Hall–Kier alpha value is -3.73. The number of aromatic nitrogens is 2. The minimum Gasteiger partial charge on any atom is -0.453 e. The first-order chi connectivity index (χ1) is 21.6. The number of aliphatic hydroxyl groups is 1. The molecule has 0 spiro atoms. The fraction of sp³-hybridized carbons (Fsp3) is 0.324. The molecule has 2 heterocycles. The quantitative estimate of drug-likeness (QED) is 0.191. The average Bonchev–Trinajstić information content (AvgIpc) is 3.36. The lowest BCUT2D eigenvalue weighted by atomic mass is 9.90. The number of rotatable bonds is 10. The largest absolute Gasteiger partial charge is 0.453 e. The number of benzene rings is 3. The SMILES string of the molecule is CC(=O)O[C@@H](C)C(=O)NCc1ccccc1-c1ccc([C@@H]2O[C@H](Cn3cnc(Cl)c3Cl)[C@H](C)[C@H](c3ccc(CO)cc3)O2)cc1. The summed E-state index contributed by atoms with van der Waals surface area (Å²) in [4.78, 5) is 27.7. The molecule has 0 unspecified atom stereocenters. The number of nitrogens with one attached hydrogen (secondary N) is 1. The highest BCUT2D eigenvalue weighted by atomic mass is 35.5. The van der Waals surface area contributed by atoms with Crippen LogP contribution in [-0.4, -0.2) is 38.7 Å². The van der Waals surface area contributed by atoms with Gasteiger partial charge in [-0.3, -0.25) is 9.59 Å². The van der Waals surface area contributed by atoms with Crippen LogP contribution in [0.5, 0.6) is 0 Å². The molecule has 1 aliphatic heterocycles. The zero-order chi connectivity index (χ0) is 32.1. The van der Waals surface area contributed by atoms with Gasteiger partial charge in [-0.1, -0.05) is 103 Å². The number of nitrogens with zero attached hydrogens (tertiary/aromatic N) is 2. The summed E-state index contributed by atoms with van der Waals surface area (Å²) in [6.07, 6.45) is -0.529. The summed E-state index contributed by atoms with van der Waals surface area (Å²) >= 11 is 12.5. The first kappa shape index (κ1) is 32.7. The van der Waals surface area contributed by atoms with Crippen molar-refractivity contribution in [2.45, 2.75) is 65.1 Å². The molecule has 236 valence electrons. The van der Waals surface area contributed by atoms with Gasteiger partial charge in [0.25, 0.3) is 5.91 Å². The maximum atomic E-state index is 12.4. The summed E-state index contributed by atoms with van der Waals surface area (Å²) in [7, 11) is 0. The lowest BCUT2D eigenvalue weighted by Gasteiger charge is -2.41. The smallest absolute Gasteiger partial charge is 0.303 e. The van der Waals surface area contributed by atoms with Gasteiger partial charge in [-0.05, 0) is 34.7 Å². The van der Waals surface area contributed by atoms with Crippen LogP contribution in [0.25, 0.3) is 11.1 Å². The summed E-state index contributed by atoms with van der Waals surface area (Å²) in [5.41, 5.74) is 5.45. The molecule has 3 aromatic carbocycles. The summed E-state index contributed by atoms with van der Waals surface area (Å²) in [6, 6.07) is 23.4. The summed E-state index contributed by atoms with van der Waals surface area (Å²) in [5.74, 6) is -0.931. The molecule has 1 aliphatic rings. The van der Waals surface area contributed by atoms with Crippen LogP contribution < -0.4 is 5.32 Å². The van der Waals surface area contributed by atoms with E-state index in [0.29, 0.717) is 11.7 Å². The van der Waals surface area contributed by atoms with Crippen LogP contribution in [0.2, 0.25) is 10.3 Å². The highest BCUT2D eigenvalue weighted by Gasteiger charge is 2.39. The molecular weight excluding hydrogens is 617 g/mol. The molecule has 5 rings (SSSR count). The molecule has 45 heavy (non-hydrogen) atoms. The van der Waals surface area contributed by atoms with Gasteiger partial charge < -0.3 is 29.2 Å². The predicted octanol–water partition coefficient (Wildman–Crippen LogP) is 6.41. The van der Waals surface area contributed by atoms with Gasteiger partial charge in [-0.15, -0.1) is 0 Å². The van der Waals surface area contributed by atoms with Crippen molar-refractivity contribution in [3.8, 4) is 11.1 Å². The highest BCUT2D eigenvalue weighted by molar-refractivity contribution is 6.40. The molecule has 1 aromatic heterocycles. The van der Waals surface area contributed by atoms with E-state index in [0.717, 1.165) is 33.4 Å². The van der Waals surface area contributed by atoms with E-state index >= 15 is 0 Å². The third kappa shape index (κ3) is 7.74. The van der Waals surface area contributed by atoms with E-state index in [4.69, 9.17) is 37.4 Å². The van der Waals surface area contributed by atoms with Crippen molar-refractivity contribution in [2.75, 3.05) is 0 Å². The second-order valence-corrected chi connectivity index (χ2v) is 11.8. The van der Waals surface area contributed by atoms with Gasteiger partial charge in [0.05, 0.1) is 31.7 Å². The number of hydrogen-bond donors (Lipinski definition) is 2. The van der Waals surface area contributed by atoms with E-state index in [9.17, 15) is 14.7 Å². The Morgan fingerprint density at radius 3 is 2.36 bits per heavy atom. The highest BCUT2D eigenvalue weighted by Crippen LogP contribution is 2.42. The maximum Gasteiger partial charge on any atom is 0.303 e. The second kappa shape index (κ2) is 14.6. The van der Waals surface area contributed by atoms with Crippen molar-refractivity contribution in [3.05, 3.63) is 112 Å². The monoisotopic (exact) mass is 651 g/mol. The molecule has 9 nitrogen and oxygen atoms in total. The Bertz CT molecular complexity index is 1630. The van der Waals surface area contributed by atoms with E-state index in [1.54, 1.807) is 10.9 Å². The van der Waals surface area contributed by atoms with Gasteiger partial charge in [-0.2, -0.15) is 0 Å². The molecule has 1 fully saturated rings. The first-order valence-electron chi connectivity index (χ1n) is 14.6. The second-order valence-electron chi connectivity index (χ2n) is 11.0. The summed E-state index contributed by atoms with van der Waals surface area (Å²) in [6.45, 7) is 5.55. The van der Waals surface area contributed by atoms with Crippen molar-refractivity contribution >= 4 is 35.1 Å². The van der Waals surface area contributed by atoms with Gasteiger partial charge in [0.2, 0.25) is 0 Å². The number of esters is 1. The van der Waals surface area contributed by atoms with E-state index < -0.39 is 18.4 Å². The van der Waals surface area contributed by atoms with Crippen LogP contribution in [-0.2, 0) is 43.5 Å². The van der Waals surface area contributed by atoms with Gasteiger partial charge in [-0.25, -0.2) is 4.98 Å². The van der Waals surface area contributed by atoms with E-state index in [1.165, 1.54) is 13.8 Å². The van der Waals surface area contributed by atoms with Gasteiger partial charge in [0.1, 0.15) is 5.15 Å². The molecule has 1 saturated heterocycles. The first-order valence-corrected chi connectivity index (χ1v) is 15.4. The minimum absolute atomic E-state index is 0.0368. The molecule has 2 N–H and O–H groups in total. The van der Waals surface area contributed by atoms with Crippen molar-refractivity contribution in [2.24, 2.45) is 5.92 Å². The fourth-order valence-electron chi connectivity index (χ4n) is 5.40. The van der Waals surface area contributed by atoms with Crippen LogP contribution in [0.1, 0.15) is 55.4 Å². The Kier molecular flexibility index (Phi) is 10.6. The Morgan fingerprint density at radius 2 is 1.71 bits per heavy atom. The molecule has 0 saturated carbocycles. The number of aliphatic hydroxyl groups excluding tert-OH is 1. The summed E-state index contributed by atoms with van der Waals surface area (Å²) in [5, 5.41) is 13.0. The third-order valence-electron chi connectivity index (χ3n) is 7.91. The van der Waals surface area contributed by atoms with E-state index in [2.05, 4.69) is 17.2 Å². The van der Waals surface area contributed by atoms with Crippen LogP contribution >= 0.6 is 23.2 Å². The van der Waals surface area contributed by atoms with Crippen molar-refractivity contribution in [1.29, 1.82) is 0 Å². The van der Waals surface area contributed by atoms with E-state index in [-0.39, 0.29) is 42.3 Å². The molecule has 0 bridgehead atoms. The number of carbonyl (C=O) groups excluding carboxylic acids is 2. The topological polar surface area (TPSA) is 112 Å². The number of ether oxygens (including phenoxy) is 3. The van der Waals surface area contributed by atoms with Crippen molar-refractivity contribution < 1.29 is 28.9 Å². The number of imidazole rings is 1. The molecule has 0 aliphatic carbocycles. The van der Waals surface area contributed by atoms with Crippen LogP contribution in [0, 0.1) is 5.92 Å². The Labute approximate surface area is 272 Å². The van der Waals surface area contributed by atoms with Gasteiger partial charge >= 0.3 is 5.97 Å². The Balaban J connectivity index is 1.37. The van der Waals surface area contributed by atoms with Crippen LogP contribution in [0.15, 0.2) is 79.1 Å². The number of carbonyl (C=O) groups is 2. The molecular formula is C34H35Cl2N3O6. The zero-order valence-electron chi connectivity index (χ0n) is 25.2.